The molecule has 0 fully saturated rings. The zero-order valence-corrected chi connectivity index (χ0v) is 14.9. The predicted molar refractivity (Wildman–Crippen MR) is 96.9 cm³/mol. The second kappa shape index (κ2) is 6.86. The molecule has 0 saturated heterocycles. The Bertz CT molecular complexity index is 1010. The van der Waals surface area contributed by atoms with Crippen LogP contribution in [-0.2, 0) is 19.3 Å². The fourth-order valence-corrected chi connectivity index (χ4v) is 3.82. The fourth-order valence-electron chi connectivity index (χ4n) is 2.51. The van der Waals surface area contributed by atoms with Gasteiger partial charge in [0.25, 0.3) is 5.56 Å². The number of nitrogens with one attached hydrogen (secondary N) is 1. The number of hydrogen-bond acceptors (Lipinski definition) is 4. The molecule has 0 atom stereocenters. The van der Waals surface area contributed by atoms with Gasteiger partial charge in [-0.15, -0.1) is 0 Å². The van der Waals surface area contributed by atoms with Gasteiger partial charge in [-0.3, -0.25) is 14.3 Å². The highest BCUT2D eigenvalue weighted by molar-refractivity contribution is 7.98. The van der Waals surface area contributed by atoms with Gasteiger partial charge in [0, 0.05) is 24.4 Å². The van der Waals surface area contributed by atoms with Crippen molar-refractivity contribution in [1.29, 1.82) is 0 Å². The summed E-state index contributed by atoms with van der Waals surface area (Å²) in [5.74, 6) is 0.637. The topological polar surface area (TPSA) is 72.7 Å². The second-order valence-electron chi connectivity index (χ2n) is 5.42. The number of rotatable bonds is 5. The molecule has 0 aliphatic rings. The van der Waals surface area contributed by atoms with Gasteiger partial charge < -0.3 is 4.57 Å². The van der Waals surface area contributed by atoms with Crippen LogP contribution in [0.1, 0.15) is 18.9 Å². The van der Waals surface area contributed by atoms with Crippen LogP contribution >= 0.6 is 23.4 Å². The first-order chi connectivity index (χ1) is 11.5. The molecule has 0 amide bonds. The van der Waals surface area contributed by atoms with Gasteiger partial charge in [0.2, 0.25) is 0 Å². The predicted octanol–water partition coefficient (Wildman–Crippen LogP) is 2.78. The number of fused-ring (bicyclic) bond motifs is 1. The van der Waals surface area contributed by atoms with Crippen LogP contribution in [-0.4, -0.2) is 19.1 Å². The van der Waals surface area contributed by atoms with E-state index in [0.717, 1.165) is 12.0 Å². The lowest BCUT2D eigenvalue weighted by Crippen LogP contribution is -2.29. The third-order valence-corrected chi connectivity index (χ3v) is 5.13. The lowest BCUT2D eigenvalue weighted by atomic mass is 10.2. The third-order valence-electron chi connectivity index (χ3n) is 3.73. The van der Waals surface area contributed by atoms with Crippen LogP contribution in [0.5, 0.6) is 0 Å². The summed E-state index contributed by atoms with van der Waals surface area (Å²) < 4.78 is 3.23. The minimum atomic E-state index is -0.462. The van der Waals surface area contributed by atoms with Crippen LogP contribution in [0.25, 0.3) is 11.2 Å². The molecule has 0 unspecified atom stereocenters. The van der Waals surface area contributed by atoms with Crippen molar-refractivity contribution in [3.05, 3.63) is 55.7 Å². The fraction of sp³-hybridized carbons (Fsp3) is 0.312. The number of aromatic amines is 1. The van der Waals surface area contributed by atoms with Gasteiger partial charge in [-0.2, -0.15) is 0 Å². The molecule has 1 aromatic carbocycles. The summed E-state index contributed by atoms with van der Waals surface area (Å²) in [4.78, 5) is 30.9. The van der Waals surface area contributed by atoms with E-state index < -0.39 is 11.2 Å². The van der Waals surface area contributed by atoms with E-state index in [0.29, 0.717) is 33.6 Å². The summed E-state index contributed by atoms with van der Waals surface area (Å²) >= 11 is 7.70. The van der Waals surface area contributed by atoms with Crippen LogP contribution in [0.3, 0.4) is 0 Å². The number of halogens is 1. The van der Waals surface area contributed by atoms with Gasteiger partial charge >= 0.3 is 5.69 Å². The van der Waals surface area contributed by atoms with Crippen molar-refractivity contribution in [3.63, 3.8) is 0 Å². The number of imidazole rings is 1. The molecule has 2 aromatic heterocycles. The molecule has 3 aromatic rings. The Morgan fingerprint density at radius 2 is 2.04 bits per heavy atom. The van der Waals surface area contributed by atoms with Gasteiger partial charge in [0.1, 0.15) is 0 Å². The van der Waals surface area contributed by atoms with Crippen molar-refractivity contribution in [3.8, 4) is 0 Å². The van der Waals surface area contributed by atoms with Crippen LogP contribution in [0.15, 0.2) is 39.0 Å². The summed E-state index contributed by atoms with van der Waals surface area (Å²) in [6.45, 7) is 2.69. The number of aryl methyl sites for hydroxylation is 2. The Kier molecular flexibility index (Phi) is 4.82. The van der Waals surface area contributed by atoms with Crippen molar-refractivity contribution in [2.75, 3.05) is 0 Å². The highest BCUT2D eigenvalue weighted by Gasteiger charge is 2.17. The first-order valence-electron chi connectivity index (χ1n) is 7.58. The second-order valence-corrected chi connectivity index (χ2v) is 6.77. The van der Waals surface area contributed by atoms with Crippen molar-refractivity contribution in [2.24, 2.45) is 7.05 Å². The van der Waals surface area contributed by atoms with Gasteiger partial charge in [-0.05, 0) is 18.1 Å². The maximum Gasteiger partial charge on any atom is 0.329 e. The van der Waals surface area contributed by atoms with E-state index >= 15 is 0 Å². The highest BCUT2D eigenvalue weighted by atomic mass is 35.5. The third kappa shape index (κ3) is 3.01. The Labute approximate surface area is 147 Å². The smallest absolute Gasteiger partial charge is 0.313 e. The van der Waals surface area contributed by atoms with Crippen LogP contribution < -0.4 is 11.2 Å². The molecule has 8 heteroatoms. The number of benzene rings is 1. The summed E-state index contributed by atoms with van der Waals surface area (Å²) in [7, 11) is 1.60. The number of thioether (sulfide) groups is 1. The van der Waals surface area contributed by atoms with Crippen LogP contribution in [0.4, 0.5) is 0 Å². The van der Waals surface area contributed by atoms with E-state index in [-0.39, 0.29) is 0 Å². The maximum absolute atomic E-state index is 12.2. The molecule has 0 saturated carbocycles. The largest absolute Gasteiger partial charge is 0.329 e. The highest BCUT2D eigenvalue weighted by Crippen LogP contribution is 2.28. The average molecular weight is 365 g/mol. The number of H-pyrrole nitrogens is 1. The summed E-state index contributed by atoms with van der Waals surface area (Å²) in [5, 5.41) is 1.41. The van der Waals surface area contributed by atoms with Gasteiger partial charge in [-0.25, -0.2) is 9.78 Å². The lowest BCUT2D eigenvalue weighted by Gasteiger charge is -2.07. The summed E-state index contributed by atoms with van der Waals surface area (Å²) in [5.41, 5.74) is 0.969. The van der Waals surface area contributed by atoms with Gasteiger partial charge in [0.15, 0.2) is 16.3 Å². The number of aromatic nitrogens is 4. The molecule has 0 radical (unpaired) electrons. The van der Waals surface area contributed by atoms with Gasteiger partial charge in [0.05, 0.1) is 0 Å². The zero-order valence-electron chi connectivity index (χ0n) is 13.4. The Hall–Kier alpha value is -1.99. The van der Waals surface area contributed by atoms with Crippen molar-refractivity contribution < 1.29 is 0 Å². The molecule has 126 valence electrons. The van der Waals surface area contributed by atoms with Crippen molar-refractivity contribution in [2.45, 2.75) is 30.8 Å². The first kappa shape index (κ1) is 16.9. The summed E-state index contributed by atoms with van der Waals surface area (Å²) in [6, 6.07) is 7.63. The quantitative estimate of drug-likeness (QED) is 0.706. The van der Waals surface area contributed by atoms with E-state index in [1.807, 2.05) is 35.8 Å². The lowest BCUT2D eigenvalue weighted by molar-refractivity contribution is 0.636. The van der Waals surface area contributed by atoms with E-state index in [4.69, 9.17) is 11.6 Å². The summed E-state index contributed by atoms with van der Waals surface area (Å²) in [6.07, 6.45) is 0.855. The molecule has 0 spiro atoms. The molecular weight excluding hydrogens is 348 g/mol. The van der Waals surface area contributed by atoms with E-state index in [9.17, 15) is 9.59 Å². The standard InChI is InChI=1S/C16H17ClN4O2S/c1-3-8-21-12-13(20(2)15(23)19-14(12)22)18-16(21)24-9-10-6-4-5-7-11(10)17/h4-7H,3,8-9H2,1-2H3,(H,19,22,23). The number of nitrogens with zero attached hydrogens (tertiary/aromatic N) is 3. The first-order valence-corrected chi connectivity index (χ1v) is 8.95. The average Bonchev–Trinajstić information content (AvgIpc) is 2.92. The molecular formula is C16H17ClN4O2S. The monoisotopic (exact) mass is 364 g/mol. The molecule has 24 heavy (non-hydrogen) atoms. The normalized spacial score (nSPS) is 11.3. The maximum atomic E-state index is 12.2. The molecule has 1 N–H and O–H groups in total. The molecule has 0 aliphatic carbocycles. The minimum Gasteiger partial charge on any atom is -0.313 e. The van der Waals surface area contributed by atoms with Crippen molar-refractivity contribution in [1.82, 2.24) is 19.1 Å². The zero-order chi connectivity index (χ0) is 17.3. The van der Waals surface area contributed by atoms with E-state index in [2.05, 4.69) is 9.97 Å². The Morgan fingerprint density at radius 3 is 2.75 bits per heavy atom. The Morgan fingerprint density at radius 1 is 1.29 bits per heavy atom. The number of hydrogen-bond donors (Lipinski definition) is 1. The van der Waals surface area contributed by atoms with Crippen LogP contribution in [0, 0.1) is 0 Å². The van der Waals surface area contributed by atoms with Gasteiger partial charge in [-0.1, -0.05) is 48.5 Å². The van der Waals surface area contributed by atoms with E-state index in [1.54, 1.807) is 7.05 Å². The molecule has 0 aliphatic heterocycles. The minimum absolute atomic E-state index is 0.402. The Balaban J connectivity index is 2.07. The SMILES string of the molecule is CCCn1c(SCc2ccccc2Cl)nc2c1c(=O)[nH]c(=O)n2C. The molecule has 3 rings (SSSR count). The molecule has 2 heterocycles. The molecule has 6 nitrogen and oxygen atoms in total. The molecule has 0 bridgehead atoms. The van der Waals surface area contributed by atoms with E-state index in [1.165, 1.54) is 16.3 Å². The van der Waals surface area contributed by atoms with Crippen LogP contribution in [0.2, 0.25) is 5.02 Å². The van der Waals surface area contributed by atoms with Crippen molar-refractivity contribution >= 4 is 34.5 Å².